The molecule has 1 aromatic heterocycles. The third-order valence-corrected chi connectivity index (χ3v) is 3.64. The molecule has 1 aliphatic heterocycles. The molecule has 4 heteroatoms. The van der Waals surface area contributed by atoms with Crippen LogP contribution in [0.25, 0.3) is 0 Å². The monoisotopic (exact) mass is 236 g/mol. The number of aliphatic hydroxyl groups is 1. The largest absolute Gasteiger partial charge is 0.496 e. The first-order valence-corrected chi connectivity index (χ1v) is 6.08. The van der Waals surface area contributed by atoms with E-state index in [1.54, 1.807) is 13.3 Å². The second-order valence-electron chi connectivity index (χ2n) is 4.77. The van der Waals surface area contributed by atoms with Crippen molar-refractivity contribution in [3.63, 3.8) is 0 Å². The minimum absolute atomic E-state index is 0.0123. The number of ether oxygens (including phenoxy) is 1. The van der Waals surface area contributed by atoms with E-state index in [0.717, 1.165) is 43.7 Å². The summed E-state index contributed by atoms with van der Waals surface area (Å²) in [6, 6.07) is 1.88. The Labute approximate surface area is 102 Å². The van der Waals surface area contributed by atoms with Crippen molar-refractivity contribution in [2.45, 2.75) is 19.3 Å². The summed E-state index contributed by atoms with van der Waals surface area (Å²) in [7, 11) is 1.67. The molecule has 2 N–H and O–H groups in total. The summed E-state index contributed by atoms with van der Waals surface area (Å²) in [5, 5.41) is 13.0. The average Bonchev–Trinajstić information content (AvgIpc) is 2.40. The van der Waals surface area contributed by atoms with Crippen LogP contribution in [0.5, 0.6) is 5.75 Å². The number of nitrogens with zero attached hydrogens (tertiary/aromatic N) is 1. The minimum atomic E-state index is -0.0123. The van der Waals surface area contributed by atoms with E-state index in [4.69, 9.17) is 4.74 Å². The van der Waals surface area contributed by atoms with Gasteiger partial charge in [-0.25, -0.2) is 0 Å². The van der Waals surface area contributed by atoms with Crippen LogP contribution in [0.1, 0.15) is 18.4 Å². The number of pyridine rings is 1. The van der Waals surface area contributed by atoms with E-state index in [2.05, 4.69) is 10.3 Å². The van der Waals surface area contributed by atoms with Gasteiger partial charge in [-0.05, 0) is 38.4 Å². The van der Waals surface area contributed by atoms with Gasteiger partial charge in [-0.1, -0.05) is 0 Å². The molecule has 0 unspecified atom stereocenters. The zero-order valence-electron chi connectivity index (χ0n) is 10.3. The highest BCUT2D eigenvalue weighted by atomic mass is 16.5. The van der Waals surface area contributed by atoms with Gasteiger partial charge in [0.15, 0.2) is 0 Å². The summed E-state index contributed by atoms with van der Waals surface area (Å²) in [6.07, 6.45) is 6.42. The highest BCUT2D eigenvalue weighted by molar-refractivity contribution is 5.31. The van der Waals surface area contributed by atoms with Crippen LogP contribution in [-0.4, -0.2) is 36.9 Å². The minimum Gasteiger partial charge on any atom is -0.496 e. The van der Waals surface area contributed by atoms with E-state index < -0.39 is 0 Å². The standard InChI is InChI=1S/C13H20N2O2/c1-17-12-2-5-15-9-11(12)8-13(10-16)3-6-14-7-4-13/h2,5,9,14,16H,3-4,6-8,10H2,1H3. The lowest BCUT2D eigenvalue weighted by Crippen LogP contribution is -2.40. The Morgan fingerprint density at radius 1 is 1.47 bits per heavy atom. The fraction of sp³-hybridized carbons (Fsp3) is 0.615. The summed E-state index contributed by atoms with van der Waals surface area (Å²) in [6.45, 7) is 2.18. The topological polar surface area (TPSA) is 54.4 Å². The number of rotatable bonds is 4. The summed E-state index contributed by atoms with van der Waals surface area (Å²) < 4.78 is 5.34. The number of aromatic nitrogens is 1. The Balaban J connectivity index is 2.17. The molecule has 94 valence electrons. The molecule has 0 aliphatic carbocycles. The molecule has 0 radical (unpaired) electrons. The fourth-order valence-electron chi connectivity index (χ4n) is 2.50. The molecule has 17 heavy (non-hydrogen) atoms. The molecular weight excluding hydrogens is 216 g/mol. The Morgan fingerprint density at radius 3 is 2.88 bits per heavy atom. The predicted molar refractivity (Wildman–Crippen MR) is 66.1 cm³/mol. The van der Waals surface area contributed by atoms with E-state index in [-0.39, 0.29) is 12.0 Å². The molecule has 0 aromatic carbocycles. The van der Waals surface area contributed by atoms with Crippen LogP contribution < -0.4 is 10.1 Å². The van der Waals surface area contributed by atoms with E-state index in [1.165, 1.54) is 0 Å². The van der Waals surface area contributed by atoms with Gasteiger partial charge in [-0.3, -0.25) is 4.98 Å². The number of hydrogen-bond acceptors (Lipinski definition) is 4. The molecule has 0 saturated carbocycles. The molecule has 0 bridgehead atoms. The van der Waals surface area contributed by atoms with Gasteiger partial charge in [0.25, 0.3) is 0 Å². The second kappa shape index (κ2) is 5.47. The smallest absolute Gasteiger partial charge is 0.125 e. The Hall–Kier alpha value is -1.13. The van der Waals surface area contributed by atoms with Crippen LogP contribution in [0.3, 0.4) is 0 Å². The molecule has 1 aromatic rings. The molecule has 1 saturated heterocycles. The Morgan fingerprint density at radius 2 is 2.24 bits per heavy atom. The van der Waals surface area contributed by atoms with Crippen molar-refractivity contribution in [3.8, 4) is 5.75 Å². The van der Waals surface area contributed by atoms with Crippen molar-refractivity contribution in [1.29, 1.82) is 0 Å². The van der Waals surface area contributed by atoms with Gasteiger partial charge in [-0.15, -0.1) is 0 Å². The number of hydrogen-bond donors (Lipinski definition) is 2. The summed E-state index contributed by atoms with van der Waals surface area (Å²) >= 11 is 0. The van der Waals surface area contributed by atoms with Crippen LogP contribution in [0, 0.1) is 5.41 Å². The van der Waals surface area contributed by atoms with Crippen molar-refractivity contribution in [2.24, 2.45) is 5.41 Å². The molecule has 0 spiro atoms. The first-order chi connectivity index (χ1) is 8.29. The van der Waals surface area contributed by atoms with Crippen molar-refractivity contribution in [1.82, 2.24) is 10.3 Å². The van der Waals surface area contributed by atoms with Gasteiger partial charge in [0.1, 0.15) is 5.75 Å². The zero-order chi connectivity index (χ0) is 12.1. The third-order valence-electron chi connectivity index (χ3n) is 3.64. The van der Waals surface area contributed by atoms with Crippen LogP contribution in [0.4, 0.5) is 0 Å². The molecule has 1 aliphatic rings. The van der Waals surface area contributed by atoms with Crippen LogP contribution in [-0.2, 0) is 6.42 Å². The van der Waals surface area contributed by atoms with E-state index in [0.29, 0.717) is 0 Å². The highest BCUT2D eigenvalue weighted by Crippen LogP contribution is 2.34. The zero-order valence-corrected chi connectivity index (χ0v) is 10.3. The second-order valence-corrected chi connectivity index (χ2v) is 4.77. The molecule has 2 rings (SSSR count). The van der Waals surface area contributed by atoms with Gasteiger partial charge in [0.05, 0.1) is 7.11 Å². The Kier molecular flexibility index (Phi) is 3.97. The maximum Gasteiger partial charge on any atom is 0.125 e. The number of aliphatic hydroxyl groups excluding tert-OH is 1. The van der Waals surface area contributed by atoms with Gasteiger partial charge in [0.2, 0.25) is 0 Å². The van der Waals surface area contributed by atoms with Crippen LogP contribution >= 0.6 is 0 Å². The molecule has 0 atom stereocenters. The van der Waals surface area contributed by atoms with Gasteiger partial charge >= 0.3 is 0 Å². The van der Waals surface area contributed by atoms with Crippen LogP contribution in [0.2, 0.25) is 0 Å². The van der Waals surface area contributed by atoms with Crippen molar-refractivity contribution in [3.05, 3.63) is 24.0 Å². The SMILES string of the molecule is COc1ccncc1CC1(CO)CCNCC1. The van der Waals surface area contributed by atoms with Crippen molar-refractivity contribution < 1.29 is 9.84 Å². The number of piperidine rings is 1. The van der Waals surface area contributed by atoms with E-state index in [9.17, 15) is 5.11 Å². The molecule has 2 heterocycles. The van der Waals surface area contributed by atoms with Crippen molar-refractivity contribution in [2.75, 3.05) is 26.8 Å². The Bertz CT molecular complexity index is 362. The van der Waals surface area contributed by atoms with Crippen LogP contribution in [0.15, 0.2) is 18.5 Å². The van der Waals surface area contributed by atoms with Gasteiger partial charge in [0, 0.05) is 30.0 Å². The number of methoxy groups -OCH3 is 1. The molecule has 0 amide bonds. The van der Waals surface area contributed by atoms with Gasteiger partial charge in [-0.2, -0.15) is 0 Å². The van der Waals surface area contributed by atoms with Gasteiger partial charge < -0.3 is 15.2 Å². The first-order valence-electron chi connectivity index (χ1n) is 6.08. The molecule has 4 nitrogen and oxygen atoms in total. The van der Waals surface area contributed by atoms with Crippen molar-refractivity contribution >= 4 is 0 Å². The lowest BCUT2D eigenvalue weighted by molar-refractivity contribution is 0.0886. The summed E-state index contributed by atoms with van der Waals surface area (Å²) in [4.78, 5) is 4.15. The maximum absolute atomic E-state index is 9.68. The summed E-state index contributed by atoms with van der Waals surface area (Å²) in [5.74, 6) is 0.867. The lowest BCUT2D eigenvalue weighted by Gasteiger charge is -2.36. The average molecular weight is 236 g/mol. The quantitative estimate of drug-likeness (QED) is 0.818. The third kappa shape index (κ3) is 2.76. The normalized spacial score (nSPS) is 18.9. The maximum atomic E-state index is 9.68. The molecule has 1 fully saturated rings. The predicted octanol–water partition coefficient (Wildman–Crippen LogP) is 0.995. The summed E-state index contributed by atoms with van der Waals surface area (Å²) in [5.41, 5.74) is 1.08. The first kappa shape index (κ1) is 12.3. The number of nitrogens with one attached hydrogen (secondary N) is 1. The van der Waals surface area contributed by atoms with E-state index >= 15 is 0 Å². The molecular formula is C13H20N2O2. The van der Waals surface area contributed by atoms with E-state index in [1.807, 2.05) is 12.3 Å². The lowest BCUT2D eigenvalue weighted by atomic mass is 9.75. The highest BCUT2D eigenvalue weighted by Gasteiger charge is 2.32. The fourth-order valence-corrected chi connectivity index (χ4v) is 2.50.